The molecule has 0 spiro atoms. The van der Waals surface area contributed by atoms with Gasteiger partial charge in [-0.05, 0) is 30.3 Å². The van der Waals surface area contributed by atoms with Crippen LogP contribution in [0.5, 0.6) is 0 Å². The third-order valence-corrected chi connectivity index (χ3v) is 5.06. The Hall–Kier alpha value is -2.19. The SMILES string of the molecule is CN(c1cc([N+](=O)[O-])ccc1Cl)S(=O)(=O)c1ccc(F)cc1. The van der Waals surface area contributed by atoms with E-state index in [1.807, 2.05) is 0 Å². The van der Waals surface area contributed by atoms with Crippen molar-refractivity contribution in [1.82, 2.24) is 0 Å². The van der Waals surface area contributed by atoms with Crippen LogP contribution in [-0.4, -0.2) is 20.4 Å². The summed E-state index contributed by atoms with van der Waals surface area (Å²) < 4.78 is 38.6. The molecule has 9 heteroatoms. The van der Waals surface area contributed by atoms with Crippen molar-refractivity contribution in [1.29, 1.82) is 0 Å². The van der Waals surface area contributed by atoms with Crippen LogP contribution >= 0.6 is 11.6 Å². The summed E-state index contributed by atoms with van der Waals surface area (Å²) in [5.41, 5.74) is -0.333. The maximum atomic E-state index is 12.9. The molecule has 0 saturated heterocycles. The van der Waals surface area contributed by atoms with E-state index >= 15 is 0 Å². The fraction of sp³-hybridized carbons (Fsp3) is 0.0769. The molecule has 0 unspecified atom stereocenters. The molecule has 0 heterocycles. The zero-order valence-corrected chi connectivity index (χ0v) is 12.8. The van der Waals surface area contributed by atoms with Crippen molar-refractivity contribution in [3.8, 4) is 0 Å². The first-order chi connectivity index (χ1) is 10.2. The Labute approximate surface area is 130 Å². The van der Waals surface area contributed by atoms with Crippen LogP contribution in [0.4, 0.5) is 15.8 Å². The minimum atomic E-state index is -4.01. The van der Waals surface area contributed by atoms with Crippen molar-refractivity contribution in [3.63, 3.8) is 0 Å². The maximum Gasteiger partial charge on any atom is 0.271 e. The number of rotatable bonds is 4. The van der Waals surface area contributed by atoms with Crippen molar-refractivity contribution in [2.75, 3.05) is 11.4 Å². The highest BCUT2D eigenvalue weighted by atomic mass is 35.5. The van der Waals surface area contributed by atoms with Gasteiger partial charge in [0.25, 0.3) is 15.7 Å². The van der Waals surface area contributed by atoms with E-state index in [4.69, 9.17) is 11.6 Å². The highest BCUT2D eigenvalue weighted by Crippen LogP contribution is 2.32. The van der Waals surface area contributed by atoms with Crippen molar-refractivity contribution < 1.29 is 17.7 Å². The van der Waals surface area contributed by atoms with Crippen molar-refractivity contribution in [3.05, 3.63) is 63.4 Å². The van der Waals surface area contributed by atoms with Crippen LogP contribution in [0.2, 0.25) is 5.02 Å². The van der Waals surface area contributed by atoms with Crippen LogP contribution in [0.15, 0.2) is 47.4 Å². The standard InChI is InChI=1S/C13H10ClFN2O4S/c1-16(13-8-10(17(18)19)4-7-12(13)14)22(20,21)11-5-2-9(15)3-6-11/h2-8H,1H3. The van der Waals surface area contributed by atoms with Gasteiger partial charge < -0.3 is 0 Å². The van der Waals surface area contributed by atoms with Crippen LogP contribution in [0.1, 0.15) is 0 Å². The Bertz CT molecular complexity index is 824. The fourth-order valence-corrected chi connectivity index (χ4v) is 3.25. The Kier molecular flexibility index (Phi) is 4.34. The molecule has 2 aromatic rings. The monoisotopic (exact) mass is 344 g/mol. The predicted octanol–water partition coefficient (Wildman–Crippen LogP) is 3.21. The molecule has 2 rings (SSSR count). The number of hydrogen-bond donors (Lipinski definition) is 0. The molecule has 0 radical (unpaired) electrons. The van der Waals surface area contributed by atoms with Gasteiger partial charge in [0, 0.05) is 19.2 Å². The Morgan fingerprint density at radius 3 is 2.32 bits per heavy atom. The number of sulfonamides is 1. The molecule has 0 aromatic heterocycles. The number of anilines is 1. The number of nitro groups is 1. The number of benzene rings is 2. The number of nitrogens with zero attached hydrogens (tertiary/aromatic N) is 2. The predicted molar refractivity (Wildman–Crippen MR) is 80.1 cm³/mol. The molecular weight excluding hydrogens is 335 g/mol. The molecule has 0 aliphatic rings. The quantitative estimate of drug-likeness (QED) is 0.630. The molecule has 0 saturated carbocycles. The second-order valence-corrected chi connectivity index (χ2v) is 6.70. The maximum absolute atomic E-state index is 12.9. The van der Waals surface area contributed by atoms with Crippen molar-refractivity contribution in [2.45, 2.75) is 4.90 Å². The average molecular weight is 345 g/mol. The lowest BCUT2D eigenvalue weighted by Gasteiger charge is -2.20. The van der Waals surface area contributed by atoms with Gasteiger partial charge >= 0.3 is 0 Å². The summed E-state index contributed by atoms with van der Waals surface area (Å²) in [5.74, 6) is -0.574. The van der Waals surface area contributed by atoms with E-state index < -0.39 is 20.8 Å². The van der Waals surface area contributed by atoms with Gasteiger partial charge in [-0.2, -0.15) is 0 Å². The lowest BCUT2D eigenvalue weighted by Crippen LogP contribution is -2.26. The van der Waals surface area contributed by atoms with E-state index in [2.05, 4.69) is 0 Å². The Morgan fingerprint density at radius 1 is 1.18 bits per heavy atom. The molecule has 0 amide bonds. The molecule has 0 atom stereocenters. The lowest BCUT2D eigenvalue weighted by molar-refractivity contribution is -0.384. The molecule has 0 bridgehead atoms. The molecule has 116 valence electrons. The van der Waals surface area contributed by atoms with Gasteiger partial charge in [-0.25, -0.2) is 12.8 Å². The van der Waals surface area contributed by atoms with E-state index in [0.29, 0.717) is 0 Å². The van der Waals surface area contributed by atoms with Crippen molar-refractivity contribution >= 4 is 33.0 Å². The zero-order chi connectivity index (χ0) is 16.5. The van der Waals surface area contributed by atoms with Gasteiger partial charge in [-0.3, -0.25) is 14.4 Å². The molecule has 22 heavy (non-hydrogen) atoms. The normalized spacial score (nSPS) is 11.2. The first-order valence-corrected chi connectivity index (χ1v) is 7.74. The van der Waals surface area contributed by atoms with E-state index in [-0.39, 0.29) is 21.3 Å². The summed E-state index contributed by atoms with van der Waals surface area (Å²) in [4.78, 5) is 9.99. The third-order valence-electron chi connectivity index (χ3n) is 2.95. The van der Waals surface area contributed by atoms with Crippen LogP contribution in [0, 0.1) is 15.9 Å². The first-order valence-electron chi connectivity index (χ1n) is 5.92. The first kappa shape index (κ1) is 16.2. The summed E-state index contributed by atoms with van der Waals surface area (Å²) in [6.07, 6.45) is 0. The van der Waals surface area contributed by atoms with Gasteiger partial charge in [0.1, 0.15) is 5.82 Å². The average Bonchev–Trinajstić information content (AvgIpc) is 2.47. The minimum Gasteiger partial charge on any atom is -0.268 e. The van der Waals surface area contributed by atoms with Gasteiger partial charge in [0.05, 0.1) is 20.5 Å². The summed E-state index contributed by atoms with van der Waals surface area (Å²) >= 11 is 5.93. The second-order valence-electron chi connectivity index (χ2n) is 4.32. The third kappa shape index (κ3) is 3.02. The molecule has 0 aliphatic heterocycles. The fourth-order valence-electron chi connectivity index (χ4n) is 1.75. The minimum absolute atomic E-state index is 0.0405. The number of non-ortho nitro benzene ring substituents is 1. The van der Waals surface area contributed by atoms with Gasteiger partial charge in [0.2, 0.25) is 0 Å². The number of halogens is 2. The van der Waals surface area contributed by atoms with Crippen molar-refractivity contribution in [2.24, 2.45) is 0 Å². The summed E-state index contributed by atoms with van der Waals surface area (Å²) in [7, 11) is -2.80. The summed E-state index contributed by atoms with van der Waals surface area (Å²) in [6.45, 7) is 0. The van der Waals surface area contributed by atoms with E-state index in [1.165, 1.54) is 19.2 Å². The largest absolute Gasteiger partial charge is 0.271 e. The highest BCUT2D eigenvalue weighted by molar-refractivity contribution is 7.92. The van der Waals surface area contributed by atoms with E-state index in [1.54, 1.807) is 0 Å². The van der Waals surface area contributed by atoms with E-state index in [0.717, 1.165) is 34.6 Å². The van der Waals surface area contributed by atoms with Crippen LogP contribution in [-0.2, 0) is 10.0 Å². The van der Waals surface area contributed by atoms with E-state index in [9.17, 15) is 22.9 Å². The molecule has 0 aliphatic carbocycles. The lowest BCUT2D eigenvalue weighted by atomic mass is 10.3. The Morgan fingerprint density at radius 2 is 1.77 bits per heavy atom. The van der Waals surface area contributed by atoms with Crippen LogP contribution < -0.4 is 4.31 Å². The second kappa shape index (κ2) is 5.90. The number of hydrogen-bond acceptors (Lipinski definition) is 4. The molecular formula is C13H10ClFN2O4S. The van der Waals surface area contributed by atoms with Crippen LogP contribution in [0.3, 0.4) is 0 Å². The smallest absolute Gasteiger partial charge is 0.268 e. The Balaban J connectivity index is 2.50. The van der Waals surface area contributed by atoms with Gasteiger partial charge in [-0.15, -0.1) is 0 Å². The summed E-state index contributed by atoms with van der Waals surface area (Å²) in [5, 5.41) is 10.8. The van der Waals surface area contributed by atoms with Gasteiger partial charge in [-0.1, -0.05) is 11.6 Å². The summed E-state index contributed by atoms with van der Waals surface area (Å²) in [6, 6.07) is 7.70. The molecule has 0 N–H and O–H groups in total. The zero-order valence-electron chi connectivity index (χ0n) is 11.2. The highest BCUT2D eigenvalue weighted by Gasteiger charge is 2.24. The molecule has 6 nitrogen and oxygen atoms in total. The molecule has 0 fully saturated rings. The topological polar surface area (TPSA) is 80.5 Å². The van der Waals surface area contributed by atoms with Crippen LogP contribution in [0.25, 0.3) is 0 Å². The van der Waals surface area contributed by atoms with Gasteiger partial charge in [0.15, 0.2) is 0 Å². The number of nitro benzene ring substituents is 1. The molecule has 2 aromatic carbocycles.